The summed E-state index contributed by atoms with van der Waals surface area (Å²) >= 11 is 0. The molecule has 3 aromatic rings. The second-order valence-corrected chi connectivity index (χ2v) is 6.90. The zero-order chi connectivity index (χ0) is 21.1. The molecule has 2 heterocycles. The number of esters is 1. The molecular formula is C22H20N2O6. The van der Waals surface area contributed by atoms with Gasteiger partial charge in [-0.1, -0.05) is 24.3 Å². The number of ether oxygens (including phenoxy) is 3. The maximum absolute atomic E-state index is 12.4. The first kappa shape index (κ1) is 19.5. The third kappa shape index (κ3) is 4.12. The van der Waals surface area contributed by atoms with Gasteiger partial charge in [-0.05, 0) is 35.2 Å². The van der Waals surface area contributed by atoms with Crippen LogP contribution in [-0.4, -0.2) is 48.6 Å². The molecule has 0 unspecified atom stereocenters. The van der Waals surface area contributed by atoms with E-state index in [1.165, 1.54) is 11.0 Å². The molecule has 0 atom stereocenters. The van der Waals surface area contributed by atoms with Crippen LogP contribution in [0.4, 0.5) is 0 Å². The summed E-state index contributed by atoms with van der Waals surface area (Å²) in [5.74, 6) is 0.184. The van der Waals surface area contributed by atoms with E-state index in [4.69, 9.17) is 14.2 Å². The summed E-state index contributed by atoms with van der Waals surface area (Å²) in [5.41, 5.74) is 0.475. The molecule has 8 nitrogen and oxygen atoms in total. The number of nitrogens with one attached hydrogen (secondary N) is 1. The molecule has 154 valence electrons. The number of amides is 1. The van der Waals surface area contributed by atoms with E-state index in [2.05, 4.69) is 4.98 Å². The topological polar surface area (TPSA) is 97.9 Å². The monoisotopic (exact) mass is 408 g/mol. The van der Waals surface area contributed by atoms with Crippen LogP contribution in [0, 0.1) is 0 Å². The molecule has 30 heavy (non-hydrogen) atoms. The molecule has 0 bridgehead atoms. The number of aromatic nitrogens is 1. The molecule has 0 saturated heterocycles. The van der Waals surface area contributed by atoms with Gasteiger partial charge in [0.15, 0.2) is 18.1 Å². The smallest absolute Gasteiger partial charge is 0.355 e. The minimum absolute atomic E-state index is 0.000916. The first-order valence-electron chi connectivity index (χ1n) is 9.43. The van der Waals surface area contributed by atoms with Crippen LogP contribution >= 0.6 is 0 Å². The molecule has 1 aliphatic heterocycles. The average molecular weight is 408 g/mol. The van der Waals surface area contributed by atoms with Gasteiger partial charge in [0.05, 0.1) is 0 Å². The van der Waals surface area contributed by atoms with Crippen molar-refractivity contribution in [3.63, 3.8) is 0 Å². The number of aromatic amines is 1. The largest absolute Gasteiger partial charge is 0.486 e. The summed E-state index contributed by atoms with van der Waals surface area (Å²) in [6.45, 7) is 0.880. The highest BCUT2D eigenvalue weighted by atomic mass is 16.6. The molecule has 4 rings (SSSR count). The molecule has 1 aliphatic rings. The van der Waals surface area contributed by atoms with Gasteiger partial charge in [0, 0.05) is 19.0 Å². The van der Waals surface area contributed by atoms with Gasteiger partial charge in [0.2, 0.25) is 0 Å². The van der Waals surface area contributed by atoms with Crippen molar-refractivity contribution in [3.05, 3.63) is 70.1 Å². The highest BCUT2D eigenvalue weighted by molar-refractivity contribution is 5.94. The van der Waals surface area contributed by atoms with Crippen LogP contribution < -0.4 is 15.0 Å². The maximum Gasteiger partial charge on any atom is 0.355 e. The van der Waals surface area contributed by atoms with Crippen molar-refractivity contribution in [1.82, 2.24) is 9.88 Å². The van der Waals surface area contributed by atoms with E-state index in [9.17, 15) is 14.4 Å². The van der Waals surface area contributed by atoms with Gasteiger partial charge in [-0.25, -0.2) is 4.79 Å². The zero-order valence-electron chi connectivity index (χ0n) is 16.3. The summed E-state index contributed by atoms with van der Waals surface area (Å²) in [6, 6.07) is 13.9. The maximum atomic E-state index is 12.4. The molecule has 0 spiro atoms. The van der Waals surface area contributed by atoms with Crippen molar-refractivity contribution in [2.24, 2.45) is 0 Å². The van der Waals surface area contributed by atoms with Crippen molar-refractivity contribution in [2.45, 2.75) is 6.54 Å². The Morgan fingerprint density at radius 2 is 1.83 bits per heavy atom. The van der Waals surface area contributed by atoms with Crippen molar-refractivity contribution in [1.29, 1.82) is 0 Å². The van der Waals surface area contributed by atoms with Gasteiger partial charge in [0.25, 0.3) is 11.5 Å². The summed E-state index contributed by atoms with van der Waals surface area (Å²) in [5, 5.41) is 1.10. The van der Waals surface area contributed by atoms with Crippen molar-refractivity contribution >= 4 is 22.6 Å². The van der Waals surface area contributed by atoms with Gasteiger partial charge < -0.3 is 24.1 Å². The van der Waals surface area contributed by atoms with Gasteiger partial charge >= 0.3 is 5.97 Å². The third-order valence-corrected chi connectivity index (χ3v) is 4.75. The van der Waals surface area contributed by atoms with Crippen LogP contribution in [0.2, 0.25) is 0 Å². The van der Waals surface area contributed by atoms with Gasteiger partial charge in [-0.2, -0.15) is 0 Å². The lowest BCUT2D eigenvalue weighted by Gasteiger charge is -2.21. The molecule has 0 fully saturated rings. The summed E-state index contributed by atoms with van der Waals surface area (Å²) in [7, 11) is 1.62. The molecule has 0 aliphatic carbocycles. The Hall–Kier alpha value is -3.81. The Bertz CT molecular complexity index is 1170. The zero-order valence-corrected chi connectivity index (χ0v) is 16.3. The van der Waals surface area contributed by atoms with Crippen LogP contribution in [0.1, 0.15) is 16.1 Å². The van der Waals surface area contributed by atoms with E-state index in [1.54, 1.807) is 37.4 Å². The Kier molecular flexibility index (Phi) is 5.38. The average Bonchev–Trinajstić information content (AvgIpc) is 2.77. The lowest BCUT2D eigenvalue weighted by atomic mass is 10.1. The molecule has 8 heteroatoms. The van der Waals surface area contributed by atoms with E-state index in [-0.39, 0.29) is 17.2 Å². The van der Waals surface area contributed by atoms with E-state index in [0.717, 1.165) is 5.56 Å². The van der Waals surface area contributed by atoms with Gasteiger partial charge in [-0.15, -0.1) is 0 Å². The first-order valence-corrected chi connectivity index (χ1v) is 9.43. The van der Waals surface area contributed by atoms with Crippen molar-refractivity contribution in [2.75, 3.05) is 26.9 Å². The molecule has 1 N–H and O–H groups in total. The minimum atomic E-state index is -0.765. The second kappa shape index (κ2) is 8.28. The molecule has 0 radical (unpaired) electrons. The number of carbonyl (C=O) groups excluding carboxylic acids is 2. The van der Waals surface area contributed by atoms with Crippen molar-refractivity contribution < 1.29 is 23.8 Å². The summed E-state index contributed by atoms with van der Waals surface area (Å²) < 4.78 is 16.1. The summed E-state index contributed by atoms with van der Waals surface area (Å²) in [4.78, 5) is 40.7. The highest BCUT2D eigenvalue weighted by Crippen LogP contribution is 2.31. The Balaban J connectivity index is 1.37. The molecule has 0 saturated carbocycles. The SMILES string of the molecule is CN(Cc1ccc2c(c1)OCCO2)C(=O)COC(=O)c1cc2ccccc2c(=O)[nH]1. The quantitative estimate of drug-likeness (QED) is 0.650. The lowest BCUT2D eigenvalue weighted by molar-refractivity contribution is -0.133. The van der Waals surface area contributed by atoms with E-state index >= 15 is 0 Å². The van der Waals surface area contributed by atoms with E-state index in [0.29, 0.717) is 42.0 Å². The number of fused-ring (bicyclic) bond motifs is 2. The van der Waals surface area contributed by atoms with E-state index < -0.39 is 12.6 Å². The number of H-pyrrole nitrogens is 1. The van der Waals surface area contributed by atoms with E-state index in [1.807, 2.05) is 12.1 Å². The van der Waals surface area contributed by atoms with Crippen molar-refractivity contribution in [3.8, 4) is 11.5 Å². The molecule has 1 aromatic heterocycles. The molecule has 1 amide bonds. The summed E-state index contributed by atoms with van der Waals surface area (Å²) in [6.07, 6.45) is 0. The standard InChI is InChI=1S/C22H20N2O6/c1-24(12-14-6-7-18-19(10-14)29-9-8-28-18)20(25)13-30-22(27)17-11-15-4-2-3-5-16(15)21(26)23-17/h2-7,10-11H,8-9,12-13H2,1H3,(H,23,26). The third-order valence-electron chi connectivity index (χ3n) is 4.75. The van der Waals surface area contributed by atoms with Gasteiger partial charge in [0.1, 0.15) is 18.9 Å². The molecule has 2 aromatic carbocycles. The van der Waals surface area contributed by atoms with Crippen LogP contribution in [0.3, 0.4) is 0 Å². The number of benzene rings is 2. The minimum Gasteiger partial charge on any atom is -0.486 e. The second-order valence-electron chi connectivity index (χ2n) is 6.90. The van der Waals surface area contributed by atoms with Gasteiger partial charge in [-0.3, -0.25) is 9.59 Å². The normalized spacial score (nSPS) is 12.4. The first-order chi connectivity index (χ1) is 14.5. The Morgan fingerprint density at radius 1 is 1.07 bits per heavy atom. The Labute approximate surface area is 172 Å². The van der Waals surface area contributed by atoms with Crippen LogP contribution in [0.25, 0.3) is 10.8 Å². The predicted molar refractivity (Wildman–Crippen MR) is 109 cm³/mol. The van der Waals surface area contributed by atoms with Crippen LogP contribution in [0.5, 0.6) is 11.5 Å². The highest BCUT2D eigenvalue weighted by Gasteiger charge is 2.17. The van der Waals surface area contributed by atoms with Crippen LogP contribution in [-0.2, 0) is 16.1 Å². The number of pyridine rings is 1. The number of hydrogen-bond acceptors (Lipinski definition) is 6. The number of rotatable bonds is 5. The van der Waals surface area contributed by atoms with Crippen LogP contribution in [0.15, 0.2) is 53.3 Å². The number of nitrogens with zero attached hydrogens (tertiary/aromatic N) is 1. The fourth-order valence-electron chi connectivity index (χ4n) is 3.18. The lowest BCUT2D eigenvalue weighted by Crippen LogP contribution is -2.31. The fourth-order valence-corrected chi connectivity index (χ4v) is 3.18. The molecular weight excluding hydrogens is 388 g/mol. The predicted octanol–water partition coefficient (Wildman–Crippen LogP) is 2.11. The number of likely N-dealkylation sites (N-methyl/N-ethyl adjacent to an activating group) is 1. The Morgan fingerprint density at radius 3 is 2.67 bits per heavy atom. The number of hydrogen-bond donors (Lipinski definition) is 1. The number of carbonyl (C=O) groups is 2. The fraction of sp³-hybridized carbons (Fsp3) is 0.227.